The highest BCUT2D eigenvalue weighted by Crippen LogP contribution is 2.17. The van der Waals surface area contributed by atoms with E-state index in [1.165, 1.54) is 18.6 Å². The molecule has 1 N–H and O–H groups in total. The van der Waals surface area contributed by atoms with Crippen molar-refractivity contribution in [1.29, 1.82) is 0 Å². The van der Waals surface area contributed by atoms with Gasteiger partial charge in [0.05, 0.1) is 6.61 Å². The number of methoxy groups -OCH3 is 1. The fourth-order valence-electron chi connectivity index (χ4n) is 1.54. The molecule has 4 heteroatoms. The standard InChI is InChI=1S/C14H23NO2S/c1-16-9-10-17-14-7-5-6-13(12-14)15-8-3-4-11-18-2/h5-7,12,15H,3-4,8-11H2,1-2H3. The van der Waals surface area contributed by atoms with E-state index in [0.717, 1.165) is 18.0 Å². The Morgan fingerprint density at radius 3 is 2.89 bits per heavy atom. The van der Waals surface area contributed by atoms with Crippen LogP contribution in [0.5, 0.6) is 5.75 Å². The smallest absolute Gasteiger partial charge is 0.121 e. The third-order valence-electron chi connectivity index (χ3n) is 2.49. The number of rotatable bonds is 10. The van der Waals surface area contributed by atoms with Gasteiger partial charge in [0.2, 0.25) is 0 Å². The summed E-state index contributed by atoms with van der Waals surface area (Å²) >= 11 is 1.90. The molecule has 0 bridgehead atoms. The molecular formula is C14H23NO2S. The van der Waals surface area contributed by atoms with E-state index in [-0.39, 0.29) is 0 Å². The summed E-state index contributed by atoms with van der Waals surface area (Å²) in [5.41, 5.74) is 1.12. The third-order valence-corrected chi connectivity index (χ3v) is 3.19. The van der Waals surface area contributed by atoms with E-state index in [2.05, 4.69) is 17.6 Å². The zero-order valence-corrected chi connectivity index (χ0v) is 12.1. The fraction of sp³-hybridized carbons (Fsp3) is 0.571. The van der Waals surface area contributed by atoms with Gasteiger partial charge in [-0.05, 0) is 37.0 Å². The highest BCUT2D eigenvalue weighted by Gasteiger charge is 1.96. The van der Waals surface area contributed by atoms with Crippen LogP contribution in [-0.4, -0.2) is 38.9 Å². The molecule has 0 amide bonds. The maximum Gasteiger partial charge on any atom is 0.121 e. The van der Waals surface area contributed by atoms with Crippen molar-refractivity contribution in [1.82, 2.24) is 0 Å². The molecule has 0 unspecified atom stereocenters. The molecule has 0 aromatic heterocycles. The summed E-state index contributed by atoms with van der Waals surface area (Å²) < 4.78 is 10.5. The molecule has 102 valence electrons. The summed E-state index contributed by atoms with van der Waals surface area (Å²) in [4.78, 5) is 0. The van der Waals surface area contributed by atoms with Crippen molar-refractivity contribution < 1.29 is 9.47 Å². The lowest BCUT2D eigenvalue weighted by atomic mass is 10.3. The van der Waals surface area contributed by atoms with E-state index in [1.54, 1.807) is 7.11 Å². The third kappa shape index (κ3) is 6.77. The van der Waals surface area contributed by atoms with Crippen LogP contribution in [0.2, 0.25) is 0 Å². The first-order chi connectivity index (χ1) is 8.86. The van der Waals surface area contributed by atoms with E-state index in [9.17, 15) is 0 Å². The first kappa shape index (κ1) is 15.2. The first-order valence-corrected chi connectivity index (χ1v) is 7.71. The van der Waals surface area contributed by atoms with Crippen molar-refractivity contribution in [3.8, 4) is 5.75 Å². The number of hydrogen-bond acceptors (Lipinski definition) is 4. The van der Waals surface area contributed by atoms with E-state index >= 15 is 0 Å². The van der Waals surface area contributed by atoms with E-state index in [0.29, 0.717) is 13.2 Å². The van der Waals surface area contributed by atoms with Crippen LogP contribution in [0.4, 0.5) is 5.69 Å². The Labute approximate surface area is 114 Å². The Balaban J connectivity index is 2.26. The van der Waals surface area contributed by atoms with Crippen LogP contribution in [0, 0.1) is 0 Å². The minimum Gasteiger partial charge on any atom is -0.491 e. The molecule has 1 rings (SSSR count). The van der Waals surface area contributed by atoms with E-state index in [1.807, 2.05) is 30.0 Å². The second-order valence-corrected chi connectivity index (χ2v) is 4.98. The van der Waals surface area contributed by atoms with Crippen molar-refractivity contribution >= 4 is 17.4 Å². The predicted molar refractivity (Wildman–Crippen MR) is 79.9 cm³/mol. The molecular weight excluding hydrogens is 246 g/mol. The van der Waals surface area contributed by atoms with E-state index in [4.69, 9.17) is 9.47 Å². The monoisotopic (exact) mass is 269 g/mol. The maximum absolute atomic E-state index is 5.56. The summed E-state index contributed by atoms with van der Waals surface area (Å²) in [5, 5.41) is 3.41. The Hall–Kier alpha value is -0.870. The average Bonchev–Trinajstić information content (AvgIpc) is 2.39. The lowest BCUT2D eigenvalue weighted by Gasteiger charge is -2.09. The average molecular weight is 269 g/mol. The largest absolute Gasteiger partial charge is 0.491 e. The van der Waals surface area contributed by atoms with Gasteiger partial charge in [-0.2, -0.15) is 11.8 Å². The van der Waals surface area contributed by atoms with Crippen LogP contribution in [0.1, 0.15) is 12.8 Å². The molecule has 0 radical (unpaired) electrons. The Bertz CT molecular complexity index is 320. The molecule has 0 aliphatic rings. The maximum atomic E-state index is 5.56. The quantitative estimate of drug-likeness (QED) is 0.660. The van der Waals surface area contributed by atoms with Crippen molar-refractivity contribution in [2.45, 2.75) is 12.8 Å². The fourth-order valence-corrected chi connectivity index (χ4v) is 2.04. The van der Waals surface area contributed by atoms with Crippen molar-refractivity contribution in [3.63, 3.8) is 0 Å². The van der Waals surface area contributed by atoms with Crippen LogP contribution in [-0.2, 0) is 4.74 Å². The molecule has 3 nitrogen and oxygen atoms in total. The van der Waals surface area contributed by atoms with Gasteiger partial charge in [-0.1, -0.05) is 6.07 Å². The highest BCUT2D eigenvalue weighted by molar-refractivity contribution is 7.98. The zero-order chi connectivity index (χ0) is 13.1. The lowest BCUT2D eigenvalue weighted by Crippen LogP contribution is -2.05. The first-order valence-electron chi connectivity index (χ1n) is 6.31. The number of nitrogens with one attached hydrogen (secondary N) is 1. The lowest BCUT2D eigenvalue weighted by molar-refractivity contribution is 0.146. The van der Waals surface area contributed by atoms with Crippen molar-refractivity contribution in [2.24, 2.45) is 0 Å². The van der Waals surface area contributed by atoms with Crippen LogP contribution in [0.25, 0.3) is 0 Å². The topological polar surface area (TPSA) is 30.5 Å². The Kier molecular flexibility index (Phi) is 8.51. The summed E-state index contributed by atoms with van der Waals surface area (Å²) in [6, 6.07) is 8.07. The van der Waals surface area contributed by atoms with Gasteiger partial charge in [-0.15, -0.1) is 0 Å². The van der Waals surface area contributed by atoms with Gasteiger partial charge in [0, 0.05) is 25.4 Å². The van der Waals surface area contributed by atoms with E-state index < -0.39 is 0 Å². The normalized spacial score (nSPS) is 10.3. The molecule has 0 atom stereocenters. The number of anilines is 1. The summed E-state index contributed by atoms with van der Waals surface area (Å²) in [6.45, 7) is 2.22. The number of thioether (sulfide) groups is 1. The van der Waals surface area contributed by atoms with Gasteiger partial charge in [0.1, 0.15) is 12.4 Å². The van der Waals surface area contributed by atoms with Gasteiger partial charge in [0.25, 0.3) is 0 Å². The second-order valence-electron chi connectivity index (χ2n) is 4.00. The van der Waals surface area contributed by atoms with Gasteiger partial charge < -0.3 is 14.8 Å². The van der Waals surface area contributed by atoms with Crippen LogP contribution >= 0.6 is 11.8 Å². The molecule has 0 fully saturated rings. The SMILES string of the molecule is COCCOc1cccc(NCCCCSC)c1. The number of benzene rings is 1. The van der Waals surface area contributed by atoms with Crippen molar-refractivity contribution in [2.75, 3.05) is 44.2 Å². The van der Waals surface area contributed by atoms with Crippen LogP contribution in [0.3, 0.4) is 0 Å². The van der Waals surface area contributed by atoms with Crippen molar-refractivity contribution in [3.05, 3.63) is 24.3 Å². The highest BCUT2D eigenvalue weighted by atomic mass is 32.2. The number of unbranched alkanes of at least 4 members (excludes halogenated alkanes) is 1. The summed E-state index contributed by atoms with van der Waals surface area (Å²) in [7, 11) is 1.68. The van der Waals surface area contributed by atoms with Gasteiger partial charge in [-0.25, -0.2) is 0 Å². The van der Waals surface area contributed by atoms with Gasteiger partial charge in [-0.3, -0.25) is 0 Å². The zero-order valence-electron chi connectivity index (χ0n) is 11.3. The molecule has 0 heterocycles. The molecule has 0 saturated heterocycles. The molecule has 18 heavy (non-hydrogen) atoms. The molecule has 0 aliphatic carbocycles. The molecule has 1 aromatic carbocycles. The minimum absolute atomic E-state index is 0.591. The number of ether oxygens (including phenoxy) is 2. The summed E-state index contributed by atoms with van der Waals surface area (Å²) in [6.07, 6.45) is 4.61. The minimum atomic E-state index is 0.591. The molecule has 0 spiro atoms. The Morgan fingerprint density at radius 2 is 2.11 bits per heavy atom. The number of hydrogen-bond donors (Lipinski definition) is 1. The van der Waals surface area contributed by atoms with Crippen LogP contribution < -0.4 is 10.1 Å². The second kappa shape index (κ2) is 10.1. The molecule has 1 aromatic rings. The van der Waals surface area contributed by atoms with Gasteiger partial charge in [0.15, 0.2) is 0 Å². The Morgan fingerprint density at radius 1 is 1.22 bits per heavy atom. The predicted octanol–water partition coefficient (Wildman–Crippen LogP) is 3.27. The summed E-state index contributed by atoms with van der Waals surface area (Å²) in [5.74, 6) is 2.13. The molecule has 0 aliphatic heterocycles. The molecule has 0 saturated carbocycles. The van der Waals surface area contributed by atoms with Gasteiger partial charge >= 0.3 is 0 Å². The van der Waals surface area contributed by atoms with Crippen LogP contribution in [0.15, 0.2) is 24.3 Å².